The van der Waals surface area contributed by atoms with Crippen LogP contribution in [0.1, 0.15) is 94.5 Å². The molecule has 0 heterocycles. The monoisotopic (exact) mass is 1900 g/mol. The maximum atomic E-state index is 13.3. The van der Waals surface area contributed by atoms with E-state index in [1.54, 1.807) is 24.3 Å². The molecule has 6 aliphatic carbocycles. The summed E-state index contributed by atoms with van der Waals surface area (Å²) < 4.78 is 68.5. The molecule has 0 amide bonds. The van der Waals surface area contributed by atoms with Gasteiger partial charge >= 0.3 is 15.6 Å². The number of alkyl halides is 3. The third-order valence-electron chi connectivity index (χ3n) is 32.5. The fourth-order valence-corrected chi connectivity index (χ4v) is 26.9. The lowest BCUT2D eigenvalue weighted by molar-refractivity contribution is -0.0499. The fourth-order valence-electron chi connectivity index (χ4n) is 26.4. The molecule has 0 saturated carbocycles. The predicted molar refractivity (Wildman–Crippen MR) is 598 cm³/mol. The van der Waals surface area contributed by atoms with Crippen LogP contribution in [0.25, 0.3) is 175 Å². The number of para-hydroxylation sites is 2. The normalized spacial score (nSPS) is 14.1. The minimum Gasteiger partial charge on any atom is -0.375 e. The topological polar surface area (TPSA) is 58.6 Å². The van der Waals surface area contributed by atoms with Crippen LogP contribution in [-0.2, 0) is 31.8 Å². The van der Waals surface area contributed by atoms with E-state index in [1.165, 1.54) is 194 Å². The van der Waals surface area contributed by atoms with Crippen LogP contribution >= 0.6 is 0 Å². The molecule has 5 nitrogen and oxygen atoms in total. The smallest absolute Gasteiger partial charge is 0.375 e. The highest BCUT2D eigenvalue weighted by molar-refractivity contribution is 7.88. The first-order chi connectivity index (χ1) is 71.4. The molecule has 24 aromatic rings. The van der Waals surface area contributed by atoms with Crippen molar-refractivity contribution in [3.8, 4) is 94.8 Å². The van der Waals surface area contributed by atoms with Gasteiger partial charge in [0.2, 0.25) is 0 Å². The average Bonchev–Trinajstić information content (AvgIpc) is 1.50. The number of fused-ring (bicyclic) bond motifs is 42. The van der Waals surface area contributed by atoms with Crippen molar-refractivity contribution >= 4 is 125 Å². The van der Waals surface area contributed by atoms with Crippen LogP contribution < -0.4 is 14.4 Å². The fraction of sp³-hybridized carbons (Fsp3) is 0.0657. The maximum absolute atomic E-state index is 13.3. The van der Waals surface area contributed by atoms with Crippen molar-refractivity contribution in [1.29, 1.82) is 0 Å². The van der Waals surface area contributed by atoms with Crippen LogP contribution in [0.3, 0.4) is 0 Å². The number of benzene rings is 24. The second-order valence-electron chi connectivity index (χ2n) is 40.5. The highest BCUT2D eigenvalue weighted by Gasteiger charge is 2.56. The van der Waals surface area contributed by atoms with Gasteiger partial charge in [-0.3, -0.25) is 0 Å². The van der Waals surface area contributed by atoms with Gasteiger partial charge in [0, 0.05) is 55.2 Å². The van der Waals surface area contributed by atoms with Crippen molar-refractivity contribution in [2.75, 3.05) is 10.2 Å². The molecule has 1 N–H and O–H groups in total. The van der Waals surface area contributed by atoms with Gasteiger partial charge in [0.1, 0.15) is 0 Å². The van der Waals surface area contributed by atoms with Crippen LogP contribution in [0.4, 0.5) is 41.6 Å². The van der Waals surface area contributed by atoms with Gasteiger partial charge in [-0.1, -0.05) is 440 Å². The zero-order valence-electron chi connectivity index (χ0n) is 80.2. The first kappa shape index (κ1) is 86.4. The zero-order chi connectivity index (χ0) is 98.0. The molecule has 2 spiro atoms. The zero-order valence-corrected chi connectivity index (χ0v) is 81.1. The van der Waals surface area contributed by atoms with Gasteiger partial charge in [-0.05, 0) is 270 Å². The van der Waals surface area contributed by atoms with Gasteiger partial charge < -0.3 is 14.4 Å². The first-order valence-electron chi connectivity index (χ1n) is 50.0. The lowest BCUT2D eigenvalue weighted by Gasteiger charge is -2.34. The van der Waals surface area contributed by atoms with Crippen molar-refractivity contribution in [2.45, 2.75) is 54.9 Å². The minimum atomic E-state index is -5.84. The van der Waals surface area contributed by atoms with Crippen LogP contribution in [0.15, 0.2) is 473 Å². The van der Waals surface area contributed by atoms with Crippen LogP contribution in [-0.4, -0.2) is 13.9 Å². The Balaban J connectivity index is 0.000000114. The number of halogens is 3. The quantitative estimate of drug-likeness (QED) is 0.0887. The third-order valence-corrected chi connectivity index (χ3v) is 33.5. The van der Waals surface area contributed by atoms with E-state index in [4.69, 9.17) is 4.18 Å². The van der Waals surface area contributed by atoms with Gasteiger partial charge in [-0.25, -0.2) is 0 Å². The second-order valence-corrected chi connectivity index (χ2v) is 42.0. The van der Waals surface area contributed by atoms with Crippen molar-refractivity contribution < 1.29 is 25.8 Å². The van der Waals surface area contributed by atoms with E-state index < -0.39 is 26.5 Å². The second kappa shape index (κ2) is 32.3. The Morgan fingerprint density at radius 2 is 0.521 bits per heavy atom. The number of nitrogens with zero attached hydrogens (tertiary/aromatic N) is 1. The SMILES string of the molecule is CC1(C)c2cc3c4ccccc4c4ccccc4c3cc2-c2c1cc(N(c1ccccc1-c1ccccc1)c1cccc3c1-c1ccccc1C31c3ccccc3-c3ccccc31)c1ccccc21.CC1(C)c2cc3c4ccccc4c4ccccc4c3cc2-c2c1cc(OS(=O)(=O)C(F)(F)F)c1ccccc21.c1ccc(-c2ccccc2Nc2cccc3c2-c2ccccc2C32c3ccccc3-c3ccccc32)cc1. The summed E-state index contributed by atoms with van der Waals surface area (Å²) in [7, 11) is -5.84. The molecule has 0 atom stereocenters. The Morgan fingerprint density at radius 1 is 0.219 bits per heavy atom. The molecule has 0 unspecified atom stereocenters. The van der Waals surface area contributed by atoms with Gasteiger partial charge in [0.15, 0.2) is 5.75 Å². The lowest BCUT2D eigenvalue weighted by Crippen LogP contribution is -2.28. The summed E-state index contributed by atoms with van der Waals surface area (Å²) in [5.74, 6) is -0.331. The van der Waals surface area contributed by atoms with Crippen molar-refractivity contribution in [3.63, 3.8) is 0 Å². The van der Waals surface area contributed by atoms with Gasteiger partial charge in [-0.15, -0.1) is 0 Å². The van der Waals surface area contributed by atoms with Crippen LogP contribution in [0.2, 0.25) is 0 Å². The average molecular weight is 1900 g/mol. The predicted octanol–water partition coefficient (Wildman–Crippen LogP) is 36.4. The summed E-state index contributed by atoms with van der Waals surface area (Å²) >= 11 is 0. The van der Waals surface area contributed by atoms with E-state index in [9.17, 15) is 21.6 Å². The molecule has 146 heavy (non-hydrogen) atoms. The highest BCUT2D eigenvalue weighted by Crippen LogP contribution is 2.69. The first-order valence-corrected chi connectivity index (χ1v) is 51.4. The van der Waals surface area contributed by atoms with E-state index in [2.05, 4.69) is 443 Å². The summed E-state index contributed by atoms with van der Waals surface area (Å²) in [6.07, 6.45) is 0. The number of nitrogens with one attached hydrogen (secondary N) is 1. The largest absolute Gasteiger partial charge is 0.534 e. The molecule has 9 heteroatoms. The Hall–Kier alpha value is -17.5. The van der Waals surface area contributed by atoms with Gasteiger partial charge in [0.05, 0.1) is 27.9 Å². The molecule has 0 fully saturated rings. The van der Waals surface area contributed by atoms with E-state index >= 15 is 0 Å². The summed E-state index contributed by atoms with van der Waals surface area (Å²) in [4.78, 5) is 2.63. The summed E-state index contributed by atoms with van der Waals surface area (Å²) in [5.41, 5.74) is 33.5. The number of hydrogen-bond donors (Lipinski definition) is 1. The highest BCUT2D eigenvalue weighted by atomic mass is 32.2. The molecule has 694 valence electrons. The molecule has 30 rings (SSSR count). The standard InChI is InChI=1S/C68H45N.C37H25N.C32H21F3O3S/c1-67(2)60-40-54-47-27-9-7-25-45(47)44-24-6-8-26-46(44)53(54)39-55(60)65-51-31-11-10-30-50(51)64(41-61(65)67)69(62-37-19-15-23-43(62)42-21-4-3-5-22-42)63-38-20-36-59-66(63)52-32-14-18-35-58(52)68(59)56-33-16-12-28-48(56)49-29-13-17-34-57(49)68;1-2-13-25(14-3-1)26-15-7-11-23-34(26)38-35-24-12-22-33-36(35)29-18-6-10-21-32(29)37(33)30-19-8-4-16-27(30)28-17-5-9-20-31(28)37;1-31(2)27-16-25-21-12-6-4-10-19(21)18-9-3-5-11-20(18)24(25)15-26(27)30-23-14-8-7-13-22(23)29(17-28(30)31)38-39(36,37)32(33,34)35/h3-41H,1-2H3;1-24,38H;3-17H,1-2H3. The summed E-state index contributed by atoms with van der Waals surface area (Å²) in [6, 6.07) is 171. The van der Waals surface area contributed by atoms with Crippen molar-refractivity contribution in [2.24, 2.45) is 0 Å². The molecule has 6 aliphatic rings. The molecule has 0 aromatic heterocycles. The Kier molecular flexibility index (Phi) is 19.1. The van der Waals surface area contributed by atoms with E-state index in [1.807, 2.05) is 38.1 Å². The minimum absolute atomic E-state index is 0.302. The molecular weight excluding hydrogens is 1810 g/mol. The Bertz CT molecular complexity index is 9780. The van der Waals surface area contributed by atoms with E-state index in [0.29, 0.717) is 16.3 Å². The Labute approximate surface area is 844 Å². The molecule has 0 bridgehead atoms. The van der Waals surface area contributed by atoms with Crippen molar-refractivity contribution in [1.82, 2.24) is 0 Å². The summed E-state index contributed by atoms with van der Waals surface area (Å²) in [6.45, 7) is 8.90. The molecule has 0 aliphatic heterocycles. The van der Waals surface area contributed by atoms with Gasteiger partial charge in [0.25, 0.3) is 0 Å². The number of rotatable bonds is 9. The van der Waals surface area contributed by atoms with Crippen LogP contribution in [0.5, 0.6) is 5.75 Å². The number of anilines is 5. The maximum Gasteiger partial charge on any atom is 0.534 e. The lowest BCUT2D eigenvalue weighted by atomic mass is 9.70. The third kappa shape index (κ3) is 12.3. The van der Waals surface area contributed by atoms with E-state index in [-0.39, 0.29) is 16.6 Å². The molecular formula is C137H91F3N2O3S. The van der Waals surface area contributed by atoms with Gasteiger partial charge in [-0.2, -0.15) is 21.6 Å². The summed E-state index contributed by atoms with van der Waals surface area (Å²) in [5, 5.41) is 21.8. The van der Waals surface area contributed by atoms with Crippen LogP contribution in [0, 0.1) is 0 Å². The van der Waals surface area contributed by atoms with Crippen molar-refractivity contribution in [3.05, 3.63) is 540 Å². The molecule has 0 saturated heterocycles. The van der Waals surface area contributed by atoms with E-state index in [0.717, 1.165) is 66.1 Å². The number of hydrogen-bond acceptors (Lipinski definition) is 5. The molecule has 24 aromatic carbocycles. The molecule has 0 radical (unpaired) electrons. The Morgan fingerprint density at radius 3 is 0.973 bits per heavy atom.